The Labute approximate surface area is 130 Å². The van der Waals surface area contributed by atoms with Gasteiger partial charge in [0.2, 0.25) is 5.91 Å². The fourth-order valence-corrected chi connectivity index (χ4v) is 4.74. The highest BCUT2D eigenvalue weighted by Gasteiger charge is 2.67. The molecular weight excluding hydrogens is 282 g/mol. The molecule has 1 aliphatic carbocycles. The van der Waals surface area contributed by atoms with Crippen molar-refractivity contribution in [3.63, 3.8) is 0 Å². The third kappa shape index (κ3) is 1.87. The van der Waals surface area contributed by atoms with Crippen molar-refractivity contribution in [3.05, 3.63) is 12.2 Å². The minimum absolute atomic E-state index is 0.0943. The van der Waals surface area contributed by atoms with E-state index in [9.17, 15) is 9.59 Å². The SMILES string of the molecule is CCOC(=O)[C@@H]1[C@H]2C(=O)N(C3CCCCC3)C[C@@]23C=C[C@H]1O3. The maximum Gasteiger partial charge on any atom is 0.312 e. The molecule has 4 aliphatic rings. The Bertz CT molecular complexity index is 525. The average Bonchev–Trinajstić information content (AvgIpc) is 3.17. The third-order valence-corrected chi connectivity index (χ3v) is 5.70. The van der Waals surface area contributed by atoms with Crippen LogP contribution in [0.15, 0.2) is 12.2 Å². The van der Waals surface area contributed by atoms with Gasteiger partial charge in [-0.3, -0.25) is 9.59 Å². The van der Waals surface area contributed by atoms with E-state index in [2.05, 4.69) is 0 Å². The van der Waals surface area contributed by atoms with Crippen molar-refractivity contribution in [1.29, 1.82) is 0 Å². The van der Waals surface area contributed by atoms with E-state index >= 15 is 0 Å². The standard InChI is InChI=1S/C17H23NO4/c1-2-21-16(20)13-12-8-9-17(22-12)10-18(15(19)14(13)17)11-6-4-3-5-7-11/h8-9,11-14H,2-7,10H2,1H3/t12-,13+,14+,17+/m1/s1. The van der Waals surface area contributed by atoms with Crippen LogP contribution in [0.5, 0.6) is 0 Å². The van der Waals surface area contributed by atoms with E-state index in [4.69, 9.17) is 9.47 Å². The van der Waals surface area contributed by atoms with Gasteiger partial charge in [-0.15, -0.1) is 0 Å². The zero-order valence-corrected chi connectivity index (χ0v) is 13.0. The molecule has 0 aromatic carbocycles. The van der Waals surface area contributed by atoms with Crippen molar-refractivity contribution in [3.8, 4) is 0 Å². The Hall–Kier alpha value is -1.36. The van der Waals surface area contributed by atoms with Crippen LogP contribution in [-0.2, 0) is 19.1 Å². The van der Waals surface area contributed by atoms with Gasteiger partial charge in [-0.1, -0.05) is 31.4 Å². The zero-order chi connectivity index (χ0) is 15.3. The summed E-state index contributed by atoms with van der Waals surface area (Å²) in [5.74, 6) is -1.05. The molecule has 120 valence electrons. The second-order valence-corrected chi connectivity index (χ2v) is 6.91. The first-order chi connectivity index (χ1) is 10.7. The smallest absolute Gasteiger partial charge is 0.312 e. The van der Waals surface area contributed by atoms with Crippen LogP contribution in [0.4, 0.5) is 0 Å². The fourth-order valence-electron chi connectivity index (χ4n) is 4.74. The molecule has 0 unspecified atom stereocenters. The lowest BCUT2D eigenvalue weighted by molar-refractivity contribution is -0.153. The molecule has 1 spiro atoms. The minimum Gasteiger partial charge on any atom is -0.466 e. The van der Waals surface area contributed by atoms with Gasteiger partial charge < -0.3 is 14.4 Å². The van der Waals surface area contributed by atoms with Gasteiger partial charge in [0.1, 0.15) is 11.5 Å². The number of rotatable bonds is 3. The Morgan fingerprint density at radius 1 is 1.41 bits per heavy atom. The highest BCUT2D eigenvalue weighted by Crippen LogP contribution is 2.53. The number of hydrogen-bond acceptors (Lipinski definition) is 4. The Morgan fingerprint density at radius 2 is 2.18 bits per heavy atom. The van der Waals surface area contributed by atoms with Crippen LogP contribution in [0, 0.1) is 11.8 Å². The quantitative estimate of drug-likeness (QED) is 0.588. The summed E-state index contributed by atoms with van der Waals surface area (Å²) in [7, 11) is 0. The predicted octanol–water partition coefficient (Wildman–Crippen LogP) is 1.66. The first-order valence-electron chi connectivity index (χ1n) is 8.50. The summed E-state index contributed by atoms with van der Waals surface area (Å²) in [4.78, 5) is 27.3. The zero-order valence-electron chi connectivity index (χ0n) is 13.0. The van der Waals surface area contributed by atoms with Crippen LogP contribution in [0.3, 0.4) is 0 Å². The summed E-state index contributed by atoms with van der Waals surface area (Å²) < 4.78 is 11.3. The molecule has 2 saturated heterocycles. The van der Waals surface area contributed by atoms with E-state index in [1.165, 1.54) is 19.3 Å². The van der Waals surface area contributed by atoms with Crippen molar-refractivity contribution in [2.45, 2.75) is 56.8 Å². The van der Waals surface area contributed by atoms with E-state index in [0.717, 1.165) is 12.8 Å². The van der Waals surface area contributed by atoms with E-state index in [-0.39, 0.29) is 23.9 Å². The molecule has 3 heterocycles. The Kier molecular flexibility index (Phi) is 3.29. The molecule has 0 N–H and O–H groups in total. The highest BCUT2D eigenvalue weighted by atomic mass is 16.6. The van der Waals surface area contributed by atoms with Crippen LogP contribution in [0.1, 0.15) is 39.0 Å². The van der Waals surface area contributed by atoms with Gasteiger partial charge in [0.15, 0.2) is 0 Å². The van der Waals surface area contributed by atoms with Crippen LogP contribution in [0.2, 0.25) is 0 Å². The second-order valence-electron chi connectivity index (χ2n) is 6.91. The topological polar surface area (TPSA) is 55.8 Å². The van der Waals surface area contributed by atoms with E-state index in [1.807, 2.05) is 17.1 Å². The minimum atomic E-state index is -0.587. The number of ether oxygens (including phenoxy) is 2. The number of hydrogen-bond donors (Lipinski definition) is 0. The molecule has 4 atom stereocenters. The molecule has 3 fully saturated rings. The van der Waals surface area contributed by atoms with Crippen LogP contribution >= 0.6 is 0 Å². The van der Waals surface area contributed by atoms with Crippen LogP contribution in [-0.4, -0.2) is 47.7 Å². The fraction of sp³-hybridized carbons (Fsp3) is 0.765. The Morgan fingerprint density at radius 3 is 2.91 bits per heavy atom. The van der Waals surface area contributed by atoms with Gasteiger partial charge in [0.25, 0.3) is 0 Å². The maximum atomic E-state index is 13.0. The molecule has 1 saturated carbocycles. The molecule has 5 heteroatoms. The Balaban J connectivity index is 1.60. The third-order valence-electron chi connectivity index (χ3n) is 5.70. The summed E-state index contributed by atoms with van der Waals surface area (Å²) >= 11 is 0. The molecule has 0 radical (unpaired) electrons. The molecule has 2 bridgehead atoms. The van der Waals surface area contributed by atoms with Gasteiger partial charge in [0.05, 0.1) is 25.2 Å². The second kappa shape index (κ2) is 5.08. The highest BCUT2D eigenvalue weighted by molar-refractivity contribution is 5.91. The maximum absolute atomic E-state index is 13.0. The van der Waals surface area contributed by atoms with Gasteiger partial charge in [-0.25, -0.2) is 0 Å². The number of carbonyl (C=O) groups is 2. The number of carbonyl (C=O) groups excluding carboxylic acids is 2. The first kappa shape index (κ1) is 14.2. The monoisotopic (exact) mass is 305 g/mol. The van der Waals surface area contributed by atoms with Crippen molar-refractivity contribution >= 4 is 11.9 Å². The van der Waals surface area contributed by atoms with Gasteiger partial charge in [-0.05, 0) is 19.8 Å². The van der Waals surface area contributed by atoms with Crippen molar-refractivity contribution in [1.82, 2.24) is 4.90 Å². The van der Waals surface area contributed by atoms with Gasteiger partial charge >= 0.3 is 5.97 Å². The van der Waals surface area contributed by atoms with Crippen molar-refractivity contribution in [2.75, 3.05) is 13.2 Å². The van der Waals surface area contributed by atoms with Crippen molar-refractivity contribution in [2.24, 2.45) is 11.8 Å². The molecule has 0 aromatic heterocycles. The van der Waals surface area contributed by atoms with Gasteiger partial charge in [0, 0.05) is 6.04 Å². The largest absolute Gasteiger partial charge is 0.466 e. The average molecular weight is 305 g/mol. The molecule has 5 nitrogen and oxygen atoms in total. The molecule has 1 amide bonds. The molecule has 0 aromatic rings. The first-order valence-corrected chi connectivity index (χ1v) is 8.50. The van der Waals surface area contributed by atoms with Crippen LogP contribution < -0.4 is 0 Å². The van der Waals surface area contributed by atoms with E-state index in [1.54, 1.807) is 6.92 Å². The number of amides is 1. The summed E-state index contributed by atoms with van der Waals surface area (Å²) in [6.45, 7) is 2.73. The number of likely N-dealkylation sites (tertiary alicyclic amines) is 1. The van der Waals surface area contributed by atoms with Crippen molar-refractivity contribution < 1.29 is 19.1 Å². The lowest BCUT2D eigenvalue weighted by Gasteiger charge is -2.32. The summed E-state index contributed by atoms with van der Waals surface area (Å²) in [5, 5.41) is 0. The lowest BCUT2D eigenvalue weighted by Crippen LogP contribution is -2.42. The number of esters is 1. The number of nitrogens with zero attached hydrogens (tertiary/aromatic N) is 1. The lowest BCUT2D eigenvalue weighted by atomic mass is 9.77. The molecule has 22 heavy (non-hydrogen) atoms. The van der Waals surface area contributed by atoms with E-state index in [0.29, 0.717) is 19.2 Å². The molecular formula is C17H23NO4. The predicted molar refractivity (Wildman–Crippen MR) is 78.9 cm³/mol. The molecule has 3 aliphatic heterocycles. The summed E-state index contributed by atoms with van der Waals surface area (Å²) in [5.41, 5.74) is -0.587. The number of fused-ring (bicyclic) bond motifs is 1. The summed E-state index contributed by atoms with van der Waals surface area (Å²) in [6.07, 6.45) is 9.45. The van der Waals surface area contributed by atoms with Gasteiger partial charge in [-0.2, -0.15) is 0 Å². The van der Waals surface area contributed by atoms with E-state index < -0.39 is 11.5 Å². The molecule has 4 rings (SSSR count). The van der Waals surface area contributed by atoms with Crippen LogP contribution in [0.25, 0.3) is 0 Å². The normalized spacial score (nSPS) is 40.3. The summed E-state index contributed by atoms with van der Waals surface area (Å²) in [6, 6.07) is 0.320.